The van der Waals surface area contributed by atoms with Crippen LogP contribution in [0.5, 0.6) is 0 Å². The first-order valence-electron chi connectivity index (χ1n) is 4.14. The van der Waals surface area contributed by atoms with Gasteiger partial charge in [-0.15, -0.1) is 0 Å². The third-order valence-corrected chi connectivity index (χ3v) is 2.33. The van der Waals surface area contributed by atoms with Crippen molar-refractivity contribution in [2.75, 3.05) is 0 Å². The van der Waals surface area contributed by atoms with Gasteiger partial charge in [-0.05, 0) is 24.5 Å². The summed E-state index contributed by atoms with van der Waals surface area (Å²) in [4.78, 5) is 0. The summed E-state index contributed by atoms with van der Waals surface area (Å²) in [7, 11) is 0. The summed E-state index contributed by atoms with van der Waals surface area (Å²) in [5.74, 6) is 0. The molecule has 1 rings (SSSR count). The summed E-state index contributed by atoms with van der Waals surface area (Å²) in [5, 5.41) is 0. The molecule has 1 aromatic rings. The van der Waals surface area contributed by atoms with E-state index in [1.54, 1.807) is 0 Å². The minimum absolute atomic E-state index is 0.346. The fourth-order valence-corrected chi connectivity index (χ4v) is 1.05. The molecule has 1 nitrogen and oxygen atoms in total. The lowest BCUT2D eigenvalue weighted by atomic mass is 9.88. The van der Waals surface area contributed by atoms with Crippen LogP contribution in [-0.4, -0.2) is 4.57 Å². The van der Waals surface area contributed by atoms with Crippen LogP contribution in [0.15, 0.2) is 24.5 Å². The molecule has 0 N–H and O–H groups in total. The van der Waals surface area contributed by atoms with Crippen molar-refractivity contribution >= 4 is 0 Å². The molecule has 1 unspecified atom stereocenters. The van der Waals surface area contributed by atoms with Gasteiger partial charge in [-0.1, -0.05) is 20.8 Å². The van der Waals surface area contributed by atoms with Crippen molar-refractivity contribution in [3.05, 3.63) is 24.5 Å². The van der Waals surface area contributed by atoms with Crippen LogP contribution in [0.25, 0.3) is 0 Å². The highest BCUT2D eigenvalue weighted by molar-refractivity contribution is 4.94. The first-order chi connectivity index (χ1) is 5.02. The topological polar surface area (TPSA) is 4.93 Å². The highest BCUT2D eigenvalue weighted by Crippen LogP contribution is 2.29. The molecule has 1 heteroatoms. The van der Waals surface area contributed by atoms with Crippen molar-refractivity contribution in [2.24, 2.45) is 5.41 Å². The number of hydrogen-bond acceptors (Lipinski definition) is 0. The van der Waals surface area contributed by atoms with Crippen molar-refractivity contribution in [1.82, 2.24) is 4.57 Å². The summed E-state index contributed by atoms with van der Waals surface area (Å²) in [6.07, 6.45) is 4.24. The van der Waals surface area contributed by atoms with E-state index in [-0.39, 0.29) is 0 Å². The summed E-state index contributed by atoms with van der Waals surface area (Å²) in [6, 6.07) is 4.71. The fraction of sp³-hybridized carbons (Fsp3) is 0.600. The van der Waals surface area contributed by atoms with E-state index in [1.165, 1.54) is 0 Å². The molecule has 0 saturated carbocycles. The standard InChI is InChI=1S/C10H17N/c1-9(10(2,3)4)11-7-5-6-8-11/h5-9H,1-4H3. The lowest BCUT2D eigenvalue weighted by Crippen LogP contribution is -2.20. The number of nitrogens with zero attached hydrogens (tertiary/aromatic N) is 1. The molecule has 0 aliphatic carbocycles. The van der Waals surface area contributed by atoms with Crippen LogP contribution in [0.2, 0.25) is 0 Å². The molecule has 0 radical (unpaired) electrons. The second-order valence-electron chi connectivity index (χ2n) is 4.17. The Hall–Kier alpha value is -0.720. The van der Waals surface area contributed by atoms with Gasteiger partial charge in [0.2, 0.25) is 0 Å². The number of rotatable bonds is 1. The highest BCUT2D eigenvalue weighted by atomic mass is 15.0. The molecule has 1 heterocycles. The minimum Gasteiger partial charge on any atom is -0.351 e. The van der Waals surface area contributed by atoms with Gasteiger partial charge < -0.3 is 4.57 Å². The van der Waals surface area contributed by atoms with Crippen LogP contribution in [0.1, 0.15) is 33.7 Å². The van der Waals surface area contributed by atoms with Crippen molar-refractivity contribution in [3.8, 4) is 0 Å². The Balaban J connectivity index is 2.78. The Morgan fingerprint density at radius 1 is 1.09 bits per heavy atom. The zero-order chi connectivity index (χ0) is 8.48. The first kappa shape index (κ1) is 8.38. The minimum atomic E-state index is 0.346. The Labute approximate surface area is 69.0 Å². The molecule has 0 bridgehead atoms. The highest BCUT2D eigenvalue weighted by Gasteiger charge is 2.20. The summed E-state index contributed by atoms with van der Waals surface area (Å²) >= 11 is 0. The van der Waals surface area contributed by atoms with Crippen LogP contribution in [0.3, 0.4) is 0 Å². The van der Waals surface area contributed by atoms with Crippen molar-refractivity contribution < 1.29 is 0 Å². The smallest absolute Gasteiger partial charge is 0.0350 e. The monoisotopic (exact) mass is 151 g/mol. The van der Waals surface area contributed by atoms with Gasteiger partial charge in [0.1, 0.15) is 0 Å². The van der Waals surface area contributed by atoms with Crippen LogP contribution >= 0.6 is 0 Å². The predicted octanol–water partition coefficient (Wildman–Crippen LogP) is 3.10. The van der Waals surface area contributed by atoms with E-state index in [1.807, 2.05) is 0 Å². The van der Waals surface area contributed by atoms with E-state index in [9.17, 15) is 0 Å². The molecule has 62 valence electrons. The Morgan fingerprint density at radius 3 is 1.91 bits per heavy atom. The Morgan fingerprint density at radius 2 is 1.55 bits per heavy atom. The lowest BCUT2D eigenvalue weighted by molar-refractivity contribution is 0.263. The fourth-order valence-electron chi connectivity index (χ4n) is 1.05. The molecular formula is C10H17N. The van der Waals surface area contributed by atoms with Gasteiger partial charge in [-0.3, -0.25) is 0 Å². The van der Waals surface area contributed by atoms with Crippen LogP contribution in [-0.2, 0) is 0 Å². The third-order valence-electron chi connectivity index (χ3n) is 2.33. The third kappa shape index (κ3) is 1.86. The number of aromatic nitrogens is 1. The molecule has 0 aliphatic heterocycles. The second-order valence-corrected chi connectivity index (χ2v) is 4.17. The van der Waals surface area contributed by atoms with E-state index in [4.69, 9.17) is 0 Å². The maximum atomic E-state index is 2.26. The Kier molecular flexibility index (Phi) is 2.08. The SMILES string of the molecule is CC(n1cccc1)C(C)(C)C. The zero-order valence-electron chi connectivity index (χ0n) is 7.83. The second kappa shape index (κ2) is 2.72. The van der Waals surface area contributed by atoms with E-state index in [2.05, 4.69) is 56.8 Å². The molecule has 0 aliphatic rings. The molecular weight excluding hydrogens is 134 g/mol. The van der Waals surface area contributed by atoms with Crippen molar-refractivity contribution in [3.63, 3.8) is 0 Å². The van der Waals surface area contributed by atoms with Gasteiger partial charge in [0.15, 0.2) is 0 Å². The lowest BCUT2D eigenvalue weighted by Gasteiger charge is -2.28. The van der Waals surface area contributed by atoms with Crippen molar-refractivity contribution in [1.29, 1.82) is 0 Å². The molecule has 0 aromatic carbocycles. The van der Waals surface area contributed by atoms with Crippen LogP contribution in [0, 0.1) is 5.41 Å². The summed E-state index contributed by atoms with van der Waals surface area (Å²) < 4.78 is 2.25. The Bertz CT molecular complexity index is 203. The molecule has 0 amide bonds. The predicted molar refractivity (Wildman–Crippen MR) is 48.6 cm³/mol. The molecule has 1 aromatic heterocycles. The van der Waals surface area contributed by atoms with E-state index in [0.717, 1.165) is 0 Å². The summed E-state index contributed by atoms with van der Waals surface area (Å²) in [5.41, 5.74) is 0.346. The number of hydrogen-bond donors (Lipinski definition) is 0. The van der Waals surface area contributed by atoms with Gasteiger partial charge in [0, 0.05) is 18.4 Å². The first-order valence-corrected chi connectivity index (χ1v) is 4.14. The van der Waals surface area contributed by atoms with Gasteiger partial charge in [0.05, 0.1) is 0 Å². The van der Waals surface area contributed by atoms with Crippen LogP contribution in [0.4, 0.5) is 0 Å². The van der Waals surface area contributed by atoms with E-state index < -0.39 is 0 Å². The van der Waals surface area contributed by atoms with Gasteiger partial charge in [-0.2, -0.15) is 0 Å². The maximum Gasteiger partial charge on any atom is 0.0350 e. The van der Waals surface area contributed by atoms with E-state index in [0.29, 0.717) is 11.5 Å². The zero-order valence-corrected chi connectivity index (χ0v) is 7.83. The van der Waals surface area contributed by atoms with Gasteiger partial charge in [0.25, 0.3) is 0 Å². The largest absolute Gasteiger partial charge is 0.351 e. The molecule has 1 atom stereocenters. The van der Waals surface area contributed by atoms with Crippen LogP contribution < -0.4 is 0 Å². The average Bonchev–Trinajstić information content (AvgIpc) is 2.34. The molecule has 0 saturated heterocycles. The van der Waals surface area contributed by atoms with Crippen molar-refractivity contribution in [2.45, 2.75) is 33.7 Å². The van der Waals surface area contributed by atoms with Gasteiger partial charge >= 0.3 is 0 Å². The molecule has 11 heavy (non-hydrogen) atoms. The average molecular weight is 151 g/mol. The summed E-state index contributed by atoms with van der Waals surface area (Å²) in [6.45, 7) is 9.03. The van der Waals surface area contributed by atoms with Gasteiger partial charge in [-0.25, -0.2) is 0 Å². The molecule has 0 fully saturated rings. The molecule has 0 spiro atoms. The maximum absolute atomic E-state index is 2.26. The normalized spacial score (nSPS) is 14.9. The van der Waals surface area contributed by atoms with E-state index >= 15 is 0 Å². The quantitative estimate of drug-likeness (QED) is 0.581.